The van der Waals surface area contributed by atoms with Crippen LogP contribution in [-0.2, 0) is 0 Å². The van der Waals surface area contributed by atoms with Gasteiger partial charge in [0.2, 0.25) is 0 Å². The third-order valence-electron chi connectivity index (χ3n) is 4.24. The summed E-state index contributed by atoms with van der Waals surface area (Å²) in [7, 11) is 0. The molecule has 0 amide bonds. The standard InChI is InChI=1S/C18H20F2N2O/c19-15-9-8-14(17(21)12-5-4-10-22-11-12)16(20)18(15)23-13-6-2-1-3-7-13/h1-3,6-9,12,17,22H,4-5,10-11,21H2. The first-order chi connectivity index (χ1) is 11.2. The molecule has 23 heavy (non-hydrogen) atoms. The molecule has 0 saturated carbocycles. The molecule has 2 aromatic carbocycles. The number of piperidine rings is 1. The zero-order valence-electron chi connectivity index (χ0n) is 12.8. The van der Waals surface area contributed by atoms with Crippen molar-refractivity contribution in [1.29, 1.82) is 0 Å². The molecule has 1 saturated heterocycles. The van der Waals surface area contributed by atoms with Gasteiger partial charge in [0.25, 0.3) is 0 Å². The normalized spacial score (nSPS) is 19.3. The molecule has 122 valence electrons. The van der Waals surface area contributed by atoms with Gasteiger partial charge in [-0.25, -0.2) is 8.78 Å². The van der Waals surface area contributed by atoms with Crippen molar-refractivity contribution in [2.75, 3.05) is 13.1 Å². The smallest absolute Gasteiger partial charge is 0.198 e. The number of halogens is 2. The molecule has 1 aliphatic heterocycles. The highest BCUT2D eigenvalue weighted by atomic mass is 19.1. The summed E-state index contributed by atoms with van der Waals surface area (Å²) in [6.07, 6.45) is 1.94. The number of rotatable bonds is 4. The Labute approximate surface area is 134 Å². The van der Waals surface area contributed by atoms with Crippen LogP contribution in [0.4, 0.5) is 8.78 Å². The van der Waals surface area contributed by atoms with Crippen LogP contribution >= 0.6 is 0 Å². The second-order valence-electron chi connectivity index (χ2n) is 5.83. The molecular weight excluding hydrogens is 298 g/mol. The van der Waals surface area contributed by atoms with Crippen molar-refractivity contribution < 1.29 is 13.5 Å². The second kappa shape index (κ2) is 7.06. The molecule has 2 aromatic rings. The van der Waals surface area contributed by atoms with Crippen molar-refractivity contribution >= 4 is 0 Å². The van der Waals surface area contributed by atoms with E-state index in [9.17, 15) is 8.78 Å². The Kier molecular flexibility index (Phi) is 4.88. The Morgan fingerprint density at radius 3 is 2.61 bits per heavy atom. The minimum atomic E-state index is -0.732. The molecule has 3 rings (SSSR count). The highest BCUT2D eigenvalue weighted by Crippen LogP contribution is 2.34. The highest BCUT2D eigenvalue weighted by Gasteiger charge is 2.26. The summed E-state index contributed by atoms with van der Waals surface area (Å²) in [6.45, 7) is 1.70. The number of para-hydroxylation sites is 1. The van der Waals surface area contributed by atoms with Crippen LogP contribution in [0.2, 0.25) is 0 Å². The first kappa shape index (κ1) is 15.9. The van der Waals surface area contributed by atoms with Crippen LogP contribution in [0.5, 0.6) is 11.5 Å². The lowest BCUT2D eigenvalue weighted by molar-refractivity contribution is 0.317. The molecule has 0 spiro atoms. The lowest BCUT2D eigenvalue weighted by Gasteiger charge is -2.29. The van der Waals surface area contributed by atoms with E-state index in [0.29, 0.717) is 11.3 Å². The molecule has 3 N–H and O–H groups in total. The van der Waals surface area contributed by atoms with Crippen LogP contribution < -0.4 is 15.8 Å². The van der Waals surface area contributed by atoms with Gasteiger partial charge in [0.15, 0.2) is 17.4 Å². The molecule has 0 aliphatic carbocycles. The van der Waals surface area contributed by atoms with Crippen molar-refractivity contribution in [3.05, 3.63) is 59.7 Å². The average Bonchev–Trinajstić information content (AvgIpc) is 2.60. The van der Waals surface area contributed by atoms with Gasteiger partial charge in [-0.1, -0.05) is 24.3 Å². The molecule has 1 aliphatic rings. The van der Waals surface area contributed by atoms with Crippen molar-refractivity contribution in [3.63, 3.8) is 0 Å². The van der Waals surface area contributed by atoms with Gasteiger partial charge in [-0.2, -0.15) is 0 Å². The van der Waals surface area contributed by atoms with Crippen LogP contribution in [0, 0.1) is 17.6 Å². The van der Waals surface area contributed by atoms with E-state index in [1.807, 2.05) is 6.07 Å². The van der Waals surface area contributed by atoms with Crippen LogP contribution in [-0.4, -0.2) is 13.1 Å². The van der Waals surface area contributed by atoms with E-state index in [2.05, 4.69) is 5.32 Å². The van der Waals surface area contributed by atoms with Crippen LogP contribution in [0.15, 0.2) is 42.5 Å². The van der Waals surface area contributed by atoms with E-state index in [1.165, 1.54) is 12.1 Å². The maximum Gasteiger partial charge on any atom is 0.198 e. The Morgan fingerprint density at radius 1 is 1.13 bits per heavy atom. The maximum absolute atomic E-state index is 14.8. The number of nitrogens with one attached hydrogen (secondary N) is 1. The predicted molar refractivity (Wildman–Crippen MR) is 85.4 cm³/mol. The minimum absolute atomic E-state index is 0.133. The van der Waals surface area contributed by atoms with E-state index < -0.39 is 23.4 Å². The van der Waals surface area contributed by atoms with Crippen LogP contribution in [0.3, 0.4) is 0 Å². The number of nitrogens with two attached hydrogens (primary N) is 1. The van der Waals surface area contributed by atoms with E-state index in [0.717, 1.165) is 25.9 Å². The summed E-state index contributed by atoms with van der Waals surface area (Å²) < 4.78 is 34.2. The summed E-state index contributed by atoms with van der Waals surface area (Å²) in [6, 6.07) is 10.7. The average molecular weight is 318 g/mol. The van der Waals surface area contributed by atoms with E-state index >= 15 is 0 Å². The van der Waals surface area contributed by atoms with Gasteiger partial charge in [-0.3, -0.25) is 0 Å². The van der Waals surface area contributed by atoms with Gasteiger partial charge < -0.3 is 15.8 Å². The lowest BCUT2D eigenvalue weighted by atomic mass is 9.87. The van der Waals surface area contributed by atoms with E-state index in [4.69, 9.17) is 10.5 Å². The van der Waals surface area contributed by atoms with E-state index in [1.54, 1.807) is 24.3 Å². The molecule has 0 radical (unpaired) electrons. The summed E-state index contributed by atoms with van der Waals surface area (Å²) in [5.41, 5.74) is 6.52. The fourth-order valence-electron chi connectivity index (χ4n) is 2.94. The number of hydrogen-bond donors (Lipinski definition) is 2. The van der Waals surface area contributed by atoms with Gasteiger partial charge in [0.05, 0.1) is 0 Å². The molecule has 0 bridgehead atoms. The third-order valence-corrected chi connectivity index (χ3v) is 4.24. The molecule has 5 heteroatoms. The van der Waals surface area contributed by atoms with Gasteiger partial charge in [-0.15, -0.1) is 0 Å². The quantitative estimate of drug-likeness (QED) is 0.902. The summed E-state index contributed by atoms with van der Waals surface area (Å²) in [5.74, 6) is -1.33. The number of ether oxygens (including phenoxy) is 1. The number of hydrogen-bond acceptors (Lipinski definition) is 3. The van der Waals surface area contributed by atoms with Crippen molar-refractivity contribution in [2.45, 2.75) is 18.9 Å². The molecule has 0 aromatic heterocycles. The minimum Gasteiger partial charge on any atom is -0.451 e. The highest BCUT2D eigenvalue weighted by molar-refractivity contribution is 5.38. The third kappa shape index (κ3) is 3.51. The molecule has 3 nitrogen and oxygen atoms in total. The molecule has 2 atom stereocenters. The summed E-state index contributed by atoms with van der Waals surface area (Å²) in [5, 5.41) is 3.26. The van der Waals surface area contributed by atoms with Gasteiger partial charge in [0.1, 0.15) is 5.75 Å². The van der Waals surface area contributed by atoms with Gasteiger partial charge in [0, 0.05) is 11.6 Å². The Morgan fingerprint density at radius 2 is 1.91 bits per heavy atom. The first-order valence-electron chi connectivity index (χ1n) is 7.84. The van der Waals surface area contributed by atoms with Gasteiger partial charge >= 0.3 is 0 Å². The van der Waals surface area contributed by atoms with Crippen molar-refractivity contribution in [3.8, 4) is 11.5 Å². The second-order valence-corrected chi connectivity index (χ2v) is 5.83. The zero-order chi connectivity index (χ0) is 16.2. The molecule has 1 heterocycles. The first-order valence-corrected chi connectivity index (χ1v) is 7.84. The maximum atomic E-state index is 14.8. The van der Waals surface area contributed by atoms with Crippen molar-refractivity contribution in [2.24, 2.45) is 11.7 Å². The lowest BCUT2D eigenvalue weighted by Crippen LogP contribution is -2.36. The molecule has 2 unspecified atom stereocenters. The monoisotopic (exact) mass is 318 g/mol. The topological polar surface area (TPSA) is 47.3 Å². The Hall–Kier alpha value is -1.98. The summed E-state index contributed by atoms with van der Waals surface area (Å²) >= 11 is 0. The summed E-state index contributed by atoms with van der Waals surface area (Å²) in [4.78, 5) is 0. The van der Waals surface area contributed by atoms with Crippen LogP contribution in [0.1, 0.15) is 24.4 Å². The molecular formula is C18H20F2N2O. The fourth-order valence-corrected chi connectivity index (χ4v) is 2.94. The van der Waals surface area contributed by atoms with Crippen molar-refractivity contribution in [1.82, 2.24) is 5.32 Å². The largest absolute Gasteiger partial charge is 0.451 e. The number of benzene rings is 2. The SMILES string of the molecule is NC(c1ccc(F)c(Oc2ccccc2)c1F)C1CCCNC1. The zero-order valence-corrected chi connectivity index (χ0v) is 12.8. The van der Waals surface area contributed by atoms with Gasteiger partial charge in [-0.05, 0) is 50.0 Å². The van der Waals surface area contributed by atoms with E-state index in [-0.39, 0.29) is 5.92 Å². The Bertz CT molecular complexity index is 658. The fraction of sp³-hybridized carbons (Fsp3) is 0.333. The predicted octanol–water partition coefficient (Wildman–Crippen LogP) is 3.76. The molecule has 1 fully saturated rings. The van der Waals surface area contributed by atoms with Crippen LogP contribution in [0.25, 0.3) is 0 Å². The Balaban J connectivity index is 1.88.